The summed E-state index contributed by atoms with van der Waals surface area (Å²) in [5, 5.41) is 61.1. The molecule has 28 nitrogen and oxygen atoms in total. The molecule has 0 aliphatic carbocycles. The molecule has 0 bridgehead atoms. The van der Waals surface area contributed by atoms with E-state index in [-0.39, 0.29) is 88.1 Å². The van der Waals surface area contributed by atoms with Crippen LogP contribution >= 0.6 is 62.3 Å². The van der Waals surface area contributed by atoms with Crippen molar-refractivity contribution in [3.63, 3.8) is 0 Å². The fraction of sp³-hybridized carbons (Fsp3) is 0.250. The Kier molecular flexibility index (Phi) is 36.2. The molecule has 11 rings (SSSR count). The largest absolute Gasteiger partial charge is 0.731 e. The quantitative estimate of drug-likeness (QED) is 0.0115. The van der Waals surface area contributed by atoms with Crippen molar-refractivity contribution in [3.8, 4) is 0 Å². The summed E-state index contributed by atoms with van der Waals surface area (Å²) < 4.78 is 34.4. The number of non-ortho nitro benzene ring substituents is 3. The molecular weight excluding hydrogens is 1570 g/mol. The molecule has 0 fully saturated rings. The number of hydrogen-bond acceptors (Lipinski definition) is 21. The Labute approximate surface area is 664 Å². The van der Waals surface area contributed by atoms with Gasteiger partial charge in [0.05, 0.1) is 61.7 Å². The molecule has 4 aromatic heterocycles. The van der Waals surface area contributed by atoms with Crippen molar-refractivity contribution in [1.29, 1.82) is 0 Å². The Morgan fingerprint density at radius 1 is 0.400 bits per heavy atom. The summed E-state index contributed by atoms with van der Waals surface area (Å²) in [6, 6.07) is 52.6. The van der Waals surface area contributed by atoms with E-state index in [0.29, 0.717) is 45.3 Å². The van der Waals surface area contributed by atoms with E-state index in [0.717, 1.165) is 107 Å². The fourth-order valence-electron chi connectivity index (χ4n) is 10.3. The molecule has 0 radical (unpaired) electrons. The van der Waals surface area contributed by atoms with Crippen molar-refractivity contribution in [2.24, 2.45) is 5.73 Å². The minimum Gasteiger partial charge on any atom is -0.731 e. The molecule has 0 unspecified atom stereocenters. The van der Waals surface area contributed by atoms with Gasteiger partial charge in [-0.2, -0.15) is 0 Å². The lowest BCUT2D eigenvalue weighted by molar-refractivity contribution is -0.385. The minimum atomic E-state index is -4.58. The number of halogens is 1. The van der Waals surface area contributed by atoms with Gasteiger partial charge in [0.1, 0.15) is 20.0 Å². The molecule has 4 atom stereocenters. The number of rotatable bonds is 30. The van der Waals surface area contributed by atoms with E-state index in [9.17, 15) is 57.7 Å². The third kappa shape index (κ3) is 30.0. The third-order valence-electron chi connectivity index (χ3n) is 16.2. The summed E-state index contributed by atoms with van der Waals surface area (Å²) in [7, 11) is -4.58. The van der Waals surface area contributed by atoms with Gasteiger partial charge in [-0.25, -0.2) is 42.7 Å². The van der Waals surface area contributed by atoms with Crippen LogP contribution in [0.25, 0.3) is 0 Å². The van der Waals surface area contributed by atoms with Crippen LogP contribution in [0.3, 0.4) is 0 Å². The first-order valence-electron chi connectivity index (χ1n) is 34.3. The number of benzene rings is 7. The smallest absolute Gasteiger partial charge is 0.315 e. The van der Waals surface area contributed by atoms with Crippen molar-refractivity contribution in [2.45, 2.75) is 123 Å². The average molecular weight is 1660 g/mol. The summed E-state index contributed by atoms with van der Waals surface area (Å²) >= 11 is 6.06. The molecule has 7 aromatic carbocycles. The van der Waals surface area contributed by atoms with Crippen molar-refractivity contribution < 1.29 is 42.1 Å². The second-order valence-corrected chi connectivity index (χ2v) is 28.8. The Balaban J connectivity index is 0.000000230. The molecule has 0 saturated heterocycles. The Bertz CT molecular complexity index is 4620. The topological polar surface area (TPSA) is 436 Å². The molecule has 110 heavy (non-hydrogen) atoms. The molecule has 0 aliphatic rings. The summed E-state index contributed by atoms with van der Waals surface area (Å²) in [5.41, 5.74) is 17.1. The monoisotopic (exact) mass is 1650 g/mol. The van der Waals surface area contributed by atoms with Crippen molar-refractivity contribution in [2.75, 3.05) is 4.72 Å². The highest BCUT2D eigenvalue weighted by Gasteiger charge is 2.23. The fourth-order valence-corrected chi connectivity index (χ4v) is 14.5. The zero-order valence-corrected chi connectivity index (χ0v) is 66.6. The number of quaternary nitrogens is 1. The molecule has 13 N–H and O–H groups in total. The van der Waals surface area contributed by atoms with Crippen LogP contribution < -0.4 is 48.5 Å². The maximum atomic E-state index is 12.5. The number of aromatic nitrogens is 4. The molecule has 0 spiro atoms. The summed E-state index contributed by atoms with van der Waals surface area (Å²) in [6.45, 7) is 9.39. The van der Waals surface area contributed by atoms with Crippen molar-refractivity contribution in [3.05, 3.63) is 322 Å². The number of amides is 6. The van der Waals surface area contributed by atoms with Gasteiger partial charge in [0.15, 0.2) is 10.3 Å². The zero-order chi connectivity index (χ0) is 77.4. The zero-order valence-electron chi connectivity index (χ0n) is 60.9. The highest BCUT2D eigenvalue weighted by Crippen LogP contribution is 2.29. The Morgan fingerprint density at radius 2 is 0.655 bits per heavy atom. The first-order chi connectivity index (χ1) is 52.0. The predicted molar refractivity (Wildman–Crippen MR) is 437 cm³/mol. The van der Waals surface area contributed by atoms with E-state index in [1.54, 1.807) is 59.9 Å². The summed E-state index contributed by atoms with van der Waals surface area (Å²) in [5.74, 6) is 0. The van der Waals surface area contributed by atoms with Crippen LogP contribution in [0.2, 0.25) is 0 Å². The number of nitro benzene ring substituents is 3. The number of nitrogens with one attached hydrogen (secondary N) is 7. The normalized spacial score (nSPS) is 11.7. The number of anilines is 1. The van der Waals surface area contributed by atoms with E-state index in [1.165, 1.54) is 82.5 Å². The number of aryl methyl sites for hydroxylation is 4. The van der Waals surface area contributed by atoms with Crippen LogP contribution in [0.4, 0.5) is 37.1 Å². The van der Waals surface area contributed by atoms with E-state index >= 15 is 0 Å². The van der Waals surface area contributed by atoms with Crippen LogP contribution in [0.1, 0.15) is 134 Å². The maximum Gasteiger partial charge on any atom is 0.315 e. The van der Waals surface area contributed by atoms with Crippen molar-refractivity contribution >= 4 is 113 Å². The summed E-state index contributed by atoms with van der Waals surface area (Å²) in [6.07, 6.45) is 5.42. The van der Waals surface area contributed by atoms with Crippen LogP contribution in [-0.4, -0.2) is 65.8 Å². The van der Waals surface area contributed by atoms with Gasteiger partial charge in [0, 0.05) is 83.2 Å². The Morgan fingerprint density at radius 3 is 0.909 bits per heavy atom. The van der Waals surface area contributed by atoms with Gasteiger partial charge >= 0.3 is 18.1 Å². The van der Waals surface area contributed by atoms with Gasteiger partial charge in [0.2, 0.25) is 0 Å². The molecule has 0 aliphatic heterocycles. The second-order valence-electron chi connectivity index (χ2n) is 24.2. The van der Waals surface area contributed by atoms with Gasteiger partial charge in [-0.15, -0.1) is 62.3 Å². The number of carbonyl (C=O) groups excluding carboxylic acids is 3. The van der Waals surface area contributed by atoms with Crippen LogP contribution in [0.15, 0.2) is 210 Å². The van der Waals surface area contributed by atoms with Gasteiger partial charge in [-0.05, 0) is 102 Å². The molecular formula is C76H87BrN16O12S5. The van der Waals surface area contributed by atoms with E-state index < -0.39 is 25.1 Å². The first kappa shape index (κ1) is 88.1. The highest BCUT2D eigenvalue weighted by molar-refractivity contribution is 8.93. The number of hydrogen-bond donors (Lipinski definition) is 9. The van der Waals surface area contributed by atoms with Crippen molar-refractivity contribution in [1.82, 2.24) is 58.0 Å². The lowest BCUT2D eigenvalue weighted by Crippen LogP contribution is -2.38. The lowest BCUT2D eigenvalue weighted by atomic mass is 10.1. The second kappa shape index (κ2) is 45.2. The van der Waals surface area contributed by atoms with Crippen LogP contribution in [0.5, 0.6) is 0 Å². The molecule has 6 amide bonds. The van der Waals surface area contributed by atoms with Gasteiger partial charge in [0.25, 0.3) is 17.1 Å². The standard InChI is InChI=1S/C21H24N4O4S2.2C21H22N4O3S.C13H15N3O2S.BrH.H3N/c1-2-17-14-30-20(23-17)19(24-21(26)22-13-16-6-4-3-5-7-16)12-15-8-10-18(11-9-15)25-31(27,28)29;2*1-2-17-14-29-20(23-17)19(12-15-8-10-18(11-9-15)25(27)28)24-21(26)22-13-16-6-4-3-5-7-16;1-2-10-8-19-13(15-10)12(14)7-9-3-5-11(6-4-9)16(17)18;;/h3-11,14,19,25H,2,12-13H2,1H3,(H2,22,24,26)(H,27,28,29);2*3-11,14,19H,2,12-13H2,1H3,(H2,22,24,26);3-6,8,12H,2,7,14H2,1H3;1H;1H3/t3*19-;12-;;/m0000../s1. The molecule has 34 heteroatoms. The SMILES string of the molecule is Br.CCc1csc([C@@H](N)Cc2ccc([N+](=O)[O-])cc2)n1.CCc1csc([C@H](Cc2ccc(NS(=O)(=O)[O-])cc2)NC(=O)NCc2ccccc2)n1.CCc1csc([C@H](Cc2ccc([N+](=O)[O-])cc2)NC(=O)NCc2ccccc2)n1.CCc1csc([C@H](Cc2ccc([N+](=O)[O-])cc2)NC(=O)NCc2ccccc2)n1.[NH4+]. The maximum absolute atomic E-state index is 12.5. The lowest BCUT2D eigenvalue weighted by Gasteiger charge is -2.18. The number of thiazole rings is 4. The number of nitrogens with two attached hydrogens (primary N) is 1. The van der Waals surface area contributed by atoms with E-state index in [4.69, 9.17) is 5.73 Å². The van der Waals surface area contributed by atoms with E-state index in [2.05, 4.69) is 58.8 Å². The molecule has 4 heterocycles. The molecule has 11 aromatic rings. The van der Waals surface area contributed by atoms with E-state index in [1.807, 2.05) is 138 Å². The third-order valence-corrected chi connectivity index (χ3v) is 20.7. The van der Waals surface area contributed by atoms with Gasteiger partial charge in [-0.3, -0.25) is 35.1 Å². The number of carbonyl (C=O) groups is 3. The number of urea groups is 3. The summed E-state index contributed by atoms with van der Waals surface area (Å²) in [4.78, 5) is 86.8. The first-order valence-corrected chi connectivity index (χ1v) is 39.2. The molecule has 0 saturated carbocycles. The van der Waals surface area contributed by atoms with Crippen LogP contribution in [-0.2, 0) is 81.3 Å². The molecule has 580 valence electrons. The number of nitro groups is 3. The predicted octanol–water partition coefficient (Wildman–Crippen LogP) is 16.0. The highest BCUT2D eigenvalue weighted by atomic mass is 79.9. The van der Waals surface area contributed by atoms with Gasteiger partial charge < -0.3 is 48.3 Å². The number of nitrogens with zero attached hydrogens (tertiary/aromatic N) is 7. The average Bonchev–Trinajstić information content (AvgIpc) is 1.66. The van der Waals surface area contributed by atoms with Crippen LogP contribution in [0, 0.1) is 30.3 Å². The van der Waals surface area contributed by atoms with Gasteiger partial charge in [-0.1, -0.05) is 167 Å². The Hall–Kier alpha value is -10.8. The minimum absolute atomic E-state index is 0.